The Bertz CT molecular complexity index is 3230. The van der Waals surface area contributed by atoms with Crippen molar-refractivity contribution in [3.63, 3.8) is 0 Å². The predicted octanol–water partition coefficient (Wildman–Crippen LogP) is 15.6. The summed E-state index contributed by atoms with van der Waals surface area (Å²) >= 11 is -0.826. The average Bonchev–Trinajstić information content (AvgIpc) is 4.01. The van der Waals surface area contributed by atoms with Gasteiger partial charge < -0.3 is 9.13 Å². The Labute approximate surface area is 380 Å². The Morgan fingerprint density at radius 3 is 1.57 bits per heavy atom. The Morgan fingerprint density at radius 2 is 1.05 bits per heavy atom. The average molecular weight is 933 g/mol. The maximum atomic E-state index is 4.93. The Morgan fingerprint density at radius 1 is 0.557 bits per heavy atom. The van der Waals surface area contributed by atoms with Gasteiger partial charge in [-0.25, -0.2) is 0 Å². The second kappa shape index (κ2) is 17.2. The van der Waals surface area contributed by atoms with E-state index in [4.69, 9.17) is 17.0 Å². The van der Waals surface area contributed by atoms with Crippen LogP contribution >= 0.6 is 17.0 Å². The number of aromatic nitrogens is 2. The van der Waals surface area contributed by atoms with Gasteiger partial charge in [0.05, 0.1) is 0 Å². The number of halogens is 2. The Kier molecular flexibility index (Phi) is 11.9. The van der Waals surface area contributed by atoms with Crippen LogP contribution < -0.4 is 10.4 Å². The molecular formula is C55H54Cl2N2SiZr. The number of benzene rings is 6. The molecule has 10 aromatic rings. The number of hydrogen-bond acceptors (Lipinski definition) is 0. The van der Waals surface area contributed by atoms with Crippen LogP contribution in [0.15, 0.2) is 133 Å². The van der Waals surface area contributed by atoms with Crippen molar-refractivity contribution < 1.29 is 20.8 Å². The summed E-state index contributed by atoms with van der Waals surface area (Å²) in [5.74, 6) is 0.419. The molecule has 8 aromatic carbocycles. The Balaban J connectivity index is 0.00000154. The van der Waals surface area contributed by atoms with Crippen LogP contribution in [0.5, 0.6) is 0 Å². The summed E-state index contributed by atoms with van der Waals surface area (Å²) in [4.78, 5) is 0. The fraction of sp³-hybridized carbons (Fsp3) is 0.236. The minimum atomic E-state index is -2.34. The molecule has 0 amide bonds. The summed E-state index contributed by atoms with van der Waals surface area (Å²) < 4.78 is 4.67. The summed E-state index contributed by atoms with van der Waals surface area (Å²) in [5.41, 5.74) is 13.4. The molecular weight excluding hydrogens is 879 g/mol. The molecule has 61 heavy (non-hydrogen) atoms. The molecule has 0 aliphatic rings. The van der Waals surface area contributed by atoms with Crippen molar-refractivity contribution in [1.29, 1.82) is 0 Å². The number of rotatable bonds is 10. The topological polar surface area (TPSA) is 9.86 Å². The van der Waals surface area contributed by atoms with Crippen LogP contribution in [0.25, 0.3) is 87.4 Å². The summed E-state index contributed by atoms with van der Waals surface area (Å²) in [6.07, 6.45) is 5.11. The van der Waals surface area contributed by atoms with Crippen LogP contribution in [-0.2, 0) is 34.9 Å². The molecule has 0 aliphatic heterocycles. The molecule has 0 saturated carbocycles. The third kappa shape index (κ3) is 7.11. The molecule has 0 fully saturated rings. The van der Waals surface area contributed by atoms with Crippen molar-refractivity contribution in [3.05, 3.63) is 145 Å². The molecule has 0 aliphatic carbocycles. The SMILES string of the molecule is CCCCCC[Si](C)([c-]1c(C)cc2c(-c3ccc4c(c3)c3ccccc3n4C)cccc21)[c-]1c(C(C)C)cc2c(-c3ccc4c(c3)c3ccccc3n4C)cccc21.[Cl][Zr+2][Cl]. The zero-order valence-electron chi connectivity index (χ0n) is 36.5. The molecule has 0 radical (unpaired) electrons. The second-order valence-corrected chi connectivity index (χ2v) is 25.6. The molecule has 0 saturated heterocycles. The van der Waals surface area contributed by atoms with Crippen molar-refractivity contribution >= 4 is 101 Å². The van der Waals surface area contributed by atoms with Crippen LogP contribution in [0.1, 0.15) is 63.5 Å². The molecule has 6 heteroatoms. The van der Waals surface area contributed by atoms with E-state index in [1.807, 2.05) is 0 Å². The maximum absolute atomic E-state index is 4.93. The van der Waals surface area contributed by atoms with Crippen LogP contribution in [0.2, 0.25) is 12.6 Å². The van der Waals surface area contributed by atoms with E-state index in [-0.39, 0.29) is 0 Å². The zero-order chi connectivity index (χ0) is 42.6. The third-order valence-electron chi connectivity index (χ3n) is 13.8. The summed E-state index contributed by atoms with van der Waals surface area (Å²) in [5, 5.41) is 14.3. The minimum absolute atomic E-state index is 0.419. The quantitative estimate of drug-likeness (QED) is 0.0735. The fourth-order valence-electron chi connectivity index (χ4n) is 11.0. The molecule has 0 N–H and O–H groups in total. The van der Waals surface area contributed by atoms with E-state index in [0.717, 1.165) is 0 Å². The summed E-state index contributed by atoms with van der Waals surface area (Å²) in [6, 6.07) is 52.6. The van der Waals surface area contributed by atoms with Gasteiger partial charge >= 0.3 is 37.9 Å². The molecule has 2 aromatic heterocycles. The normalized spacial score (nSPS) is 12.9. The molecule has 10 rings (SSSR count). The van der Waals surface area contributed by atoms with Crippen molar-refractivity contribution in [2.75, 3.05) is 0 Å². The number of para-hydroxylation sites is 2. The third-order valence-corrected chi connectivity index (χ3v) is 18.6. The van der Waals surface area contributed by atoms with Gasteiger partial charge in [0.2, 0.25) is 0 Å². The van der Waals surface area contributed by atoms with Gasteiger partial charge in [-0.1, -0.05) is 138 Å². The van der Waals surface area contributed by atoms with Gasteiger partial charge in [0.1, 0.15) is 0 Å². The van der Waals surface area contributed by atoms with E-state index in [1.165, 1.54) is 125 Å². The Hall–Kier alpha value is -4.18. The van der Waals surface area contributed by atoms with Gasteiger partial charge in [0.15, 0.2) is 0 Å². The molecule has 1 atom stereocenters. The van der Waals surface area contributed by atoms with Gasteiger partial charge in [-0.05, 0) is 53.4 Å². The number of fused-ring (bicyclic) bond motifs is 8. The van der Waals surface area contributed by atoms with E-state index in [2.05, 4.69) is 191 Å². The summed E-state index contributed by atoms with van der Waals surface area (Å²) in [6.45, 7) is 12.3. The second-order valence-electron chi connectivity index (χ2n) is 17.7. The van der Waals surface area contributed by atoms with Crippen LogP contribution in [-0.4, -0.2) is 17.2 Å². The number of hydrogen-bond donors (Lipinski definition) is 0. The monoisotopic (exact) mass is 930 g/mol. The van der Waals surface area contributed by atoms with Crippen LogP contribution in [0.4, 0.5) is 0 Å². The van der Waals surface area contributed by atoms with Crippen molar-refractivity contribution in [2.24, 2.45) is 14.1 Å². The molecule has 306 valence electrons. The van der Waals surface area contributed by atoms with E-state index < -0.39 is 28.9 Å². The first-order chi connectivity index (χ1) is 29.6. The van der Waals surface area contributed by atoms with E-state index >= 15 is 0 Å². The molecule has 2 nitrogen and oxygen atoms in total. The van der Waals surface area contributed by atoms with E-state index in [1.54, 1.807) is 15.9 Å². The fourth-order valence-corrected chi connectivity index (χ4v) is 16.3. The number of nitrogens with zero attached hydrogens (tertiary/aromatic N) is 2. The van der Waals surface area contributed by atoms with Crippen molar-refractivity contribution in [3.8, 4) is 22.3 Å². The molecule has 0 bridgehead atoms. The van der Waals surface area contributed by atoms with Gasteiger partial charge in [-0.2, -0.15) is 12.1 Å². The standard InChI is InChI=1S/C55H54N2Si.2ClH.Zr/c1-8-9-10-15-30-58(7,54-36(4)31-46-39(20-16-22-43(46)54)37-26-28-52-48(32-37)41-18-11-13-24-50(41)56(52)5)55-44-23-17-21-40(47(44)34-45(55)35(2)3)38-27-29-53-49(33-38)42-19-12-14-25-51(42)57(53)6;;;/h11-14,16-29,31-35H,8-10,15,30H2,1-7H3;2*1H;/q-2;;;+4/p-2. The summed E-state index contributed by atoms with van der Waals surface area (Å²) in [7, 11) is 11.9. The molecule has 2 heterocycles. The van der Waals surface area contributed by atoms with Gasteiger partial charge in [0.25, 0.3) is 0 Å². The first-order valence-electron chi connectivity index (χ1n) is 21.9. The first kappa shape index (κ1) is 42.1. The first-order valence-corrected chi connectivity index (χ1v) is 31.0. The van der Waals surface area contributed by atoms with Crippen LogP contribution in [0.3, 0.4) is 0 Å². The van der Waals surface area contributed by atoms with Crippen LogP contribution in [0, 0.1) is 6.92 Å². The van der Waals surface area contributed by atoms with E-state index in [9.17, 15) is 0 Å². The molecule has 0 spiro atoms. The molecule has 1 unspecified atom stereocenters. The van der Waals surface area contributed by atoms with Gasteiger partial charge in [-0.3, -0.25) is 0 Å². The van der Waals surface area contributed by atoms with Crippen molar-refractivity contribution in [1.82, 2.24) is 9.13 Å². The number of unbranched alkanes of at least 4 members (excludes halogenated alkanes) is 3. The predicted molar refractivity (Wildman–Crippen MR) is 268 cm³/mol. The number of aryl methyl sites for hydroxylation is 3. The van der Waals surface area contributed by atoms with E-state index in [0.29, 0.717) is 5.92 Å². The van der Waals surface area contributed by atoms with Crippen molar-refractivity contribution in [2.45, 2.75) is 71.9 Å². The van der Waals surface area contributed by atoms with Gasteiger partial charge in [-0.15, -0.1) is 67.3 Å². The zero-order valence-corrected chi connectivity index (χ0v) is 41.4. The van der Waals surface area contributed by atoms with Gasteiger partial charge in [0, 0.05) is 65.8 Å².